The standard InChI is InChI=1S/C14H14ClOP/c1-11-7-3-5-9-13(11)17(15)14-10-6-4-8-12(14)16-2/h3-10H,1-2H3. The van der Waals surface area contributed by atoms with Crippen LogP contribution in [0.15, 0.2) is 48.5 Å². The van der Waals surface area contributed by atoms with Gasteiger partial charge in [-0.15, -0.1) is 0 Å². The van der Waals surface area contributed by atoms with Gasteiger partial charge in [0.1, 0.15) is 5.75 Å². The molecule has 0 bridgehead atoms. The van der Waals surface area contributed by atoms with Crippen LogP contribution < -0.4 is 15.3 Å². The van der Waals surface area contributed by atoms with Gasteiger partial charge in [0.2, 0.25) is 0 Å². The molecule has 17 heavy (non-hydrogen) atoms. The summed E-state index contributed by atoms with van der Waals surface area (Å²) in [5.41, 5.74) is 1.22. The fourth-order valence-corrected chi connectivity index (χ4v) is 4.13. The lowest BCUT2D eigenvalue weighted by atomic mass is 10.2. The minimum absolute atomic E-state index is 0.858. The van der Waals surface area contributed by atoms with Gasteiger partial charge in [0.15, 0.2) is 0 Å². The Bertz CT molecular complexity index is 513. The number of benzene rings is 2. The number of ether oxygens (including phenoxy) is 1. The number of hydrogen-bond donors (Lipinski definition) is 0. The third-order valence-corrected chi connectivity index (χ3v) is 5.43. The summed E-state index contributed by atoms with van der Waals surface area (Å²) in [5.74, 6) is 0.858. The van der Waals surface area contributed by atoms with Crippen LogP contribution in [-0.2, 0) is 0 Å². The second kappa shape index (κ2) is 5.53. The molecular formula is C14H14ClOP. The van der Waals surface area contributed by atoms with Gasteiger partial charge in [0.05, 0.1) is 14.4 Å². The van der Waals surface area contributed by atoms with E-state index in [4.69, 9.17) is 16.0 Å². The minimum Gasteiger partial charge on any atom is -0.496 e. The quantitative estimate of drug-likeness (QED) is 0.770. The molecule has 88 valence electrons. The van der Waals surface area contributed by atoms with Crippen molar-refractivity contribution in [2.24, 2.45) is 0 Å². The van der Waals surface area contributed by atoms with Crippen molar-refractivity contribution in [3.63, 3.8) is 0 Å². The van der Waals surface area contributed by atoms with Gasteiger partial charge in [-0.25, -0.2) is 0 Å². The molecule has 2 aromatic carbocycles. The molecule has 0 spiro atoms. The molecule has 0 fully saturated rings. The molecule has 0 N–H and O–H groups in total. The molecule has 0 amide bonds. The summed E-state index contributed by atoms with van der Waals surface area (Å²) in [6, 6.07) is 16.2. The van der Waals surface area contributed by atoms with E-state index in [1.807, 2.05) is 36.4 Å². The SMILES string of the molecule is COc1ccccc1P(Cl)c1ccccc1C. The van der Waals surface area contributed by atoms with E-state index in [2.05, 4.69) is 19.1 Å². The van der Waals surface area contributed by atoms with Crippen molar-refractivity contribution in [3.8, 4) is 5.75 Å². The predicted molar refractivity (Wildman–Crippen MR) is 76.2 cm³/mol. The number of rotatable bonds is 3. The molecule has 2 rings (SSSR count). The lowest BCUT2D eigenvalue weighted by Gasteiger charge is -2.15. The van der Waals surface area contributed by atoms with E-state index < -0.39 is 7.27 Å². The van der Waals surface area contributed by atoms with Crippen LogP contribution in [0.1, 0.15) is 5.56 Å². The summed E-state index contributed by atoms with van der Waals surface area (Å²) in [7, 11) is 0.806. The summed E-state index contributed by atoms with van der Waals surface area (Å²) in [4.78, 5) is 0. The summed E-state index contributed by atoms with van der Waals surface area (Å²) in [6.45, 7) is 2.09. The van der Waals surface area contributed by atoms with Gasteiger partial charge in [0, 0.05) is 5.30 Å². The van der Waals surface area contributed by atoms with Gasteiger partial charge in [0.25, 0.3) is 0 Å². The highest BCUT2D eigenvalue weighted by Crippen LogP contribution is 2.42. The van der Waals surface area contributed by atoms with Gasteiger partial charge in [-0.2, -0.15) is 0 Å². The number of halogens is 1. The minimum atomic E-state index is -0.871. The zero-order valence-corrected chi connectivity index (χ0v) is 11.5. The zero-order chi connectivity index (χ0) is 12.3. The van der Waals surface area contributed by atoms with Crippen LogP contribution in [0.5, 0.6) is 5.75 Å². The highest BCUT2D eigenvalue weighted by atomic mass is 35.7. The lowest BCUT2D eigenvalue weighted by Crippen LogP contribution is -2.12. The van der Waals surface area contributed by atoms with Crippen LogP contribution >= 0.6 is 18.5 Å². The van der Waals surface area contributed by atoms with Crippen molar-refractivity contribution in [3.05, 3.63) is 54.1 Å². The molecule has 1 unspecified atom stereocenters. The first kappa shape index (κ1) is 12.4. The molecule has 1 atom stereocenters. The van der Waals surface area contributed by atoms with Crippen LogP contribution in [0, 0.1) is 6.92 Å². The van der Waals surface area contributed by atoms with Crippen LogP contribution in [0.3, 0.4) is 0 Å². The Hall–Kier alpha value is -1.04. The van der Waals surface area contributed by atoms with Crippen molar-refractivity contribution in [1.82, 2.24) is 0 Å². The van der Waals surface area contributed by atoms with E-state index in [9.17, 15) is 0 Å². The molecule has 0 saturated carbocycles. The molecular weight excluding hydrogens is 251 g/mol. The maximum atomic E-state index is 6.61. The Morgan fingerprint density at radius 3 is 2.18 bits per heavy atom. The predicted octanol–water partition coefficient (Wildman–Crippen LogP) is 3.59. The maximum absolute atomic E-state index is 6.61. The highest BCUT2D eigenvalue weighted by molar-refractivity contribution is 7.95. The Kier molecular flexibility index (Phi) is 4.04. The number of para-hydroxylation sites is 1. The van der Waals surface area contributed by atoms with Crippen LogP contribution in [0.25, 0.3) is 0 Å². The average molecular weight is 265 g/mol. The Morgan fingerprint density at radius 1 is 0.941 bits per heavy atom. The van der Waals surface area contributed by atoms with Gasteiger partial charge < -0.3 is 4.74 Å². The monoisotopic (exact) mass is 264 g/mol. The Morgan fingerprint density at radius 2 is 1.53 bits per heavy atom. The third-order valence-electron chi connectivity index (χ3n) is 2.62. The molecule has 0 heterocycles. The second-order valence-corrected chi connectivity index (χ2v) is 6.28. The zero-order valence-electron chi connectivity index (χ0n) is 9.85. The van der Waals surface area contributed by atoms with E-state index in [0.29, 0.717) is 0 Å². The average Bonchev–Trinajstić information content (AvgIpc) is 2.38. The highest BCUT2D eigenvalue weighted by Gasteiger charge is 2.16. The molecule has 2 aromatic rings. The van der Waals surface area contributed by atoms with Crippen molar-refractivity contribution in [2.75, 3.05) is 7.11 Å². The van der Waals surface area contributed by atoms with Crippen LogP contribution in [0.2, 0.25) is 0 Å². The van der Waals surface area contributed by atoms with Gasteiger partial charge >= 0.3 is 0 Å². The first-order chi connectivity index (χ1) is 8.24. The third kappa shape index (κ3) is 2.62. The molecule has 0 saturated heterocycles. The van der Waals surface area contributed by atoms with Crippen molar-refractivity contribution < 1.29 is 4.74 Å². The van der Waals surface area contributed by atoms with Gasteiger partial charge in [-0.05, 0) is 29.9 Å². The van der Waals surface area contributed by atoms with Crippen molar-refractivity contribution in [2.45, 2.75) is 6.92 Å². The number of aryl methyl sites for hydroxylation is 1. The normalized spacial score (nSPS) is 12.2. The van der Waals surface area contributed by atoms with Crippen molar-refractivity contribution >= 4 is 29.1 Å². The van der Waals surface area contributed by atoms with Crippen LogP contribution in [-0.4, -0.2) is 7.11 Å². The molecule has 0 aliphatic rings. The summed E-state index contributed by atoms with van der Waals surface area (Å²) in [5, 5.41) is 2.26. The molecule has 0 aliphatic carbocycles. The fourth-order valence-electron chi connectivity index (χ4n) is 1.71. The topological polar surface area (TPSA) is 9.23 Å². The van der Waals surface area contributed by atoms with E-state index in [1.165, 1.54) is 10.9 Å². The number of hydrogen-bond acceptors (Lipinski definition) is 1. The van der Waals surface area contributed by atoms with Gasteiger partial charge in [-0.3, -0.25) is 0 Å². The van der Waals surface area contributed by atoms with E-state index in [-0.39, 0.29) is 0 Å². The first-order valence-electron chi connectivity index (χ1n) is 5.38. The van der Waals surface area contributed by atoms with Crippen molar-refractivity contribution in [1.29, 1.82) is 0 Å². The maximum Gasteiger partial charge on any atom is 0.128 e. The molecule has 0 aromatic heterocycles. The molecule has 0 aliphatic heterocycles. The largest absolute Gasteiger partial charge is 0.496 e. The number of methoxy groups -OCH3 is 1. The molecule has 1 nitrogen and oxygen atoms in total. The van der Waals surface area contributed by atoms with Crippen LogP contribution in [0.4, 0.5) is 0 Å². The van der Waals surface area contributed by atoms with E-state index in [0.717, 1.165) is 11.1 Å². The van der Waals surface area contributed by atoms with Gasteiger partial charge in [-0.1, -0.05) is 47.6 Å². The van der Waals surface area contributed by atoms with E-state index >= 15 is 0 Å². The summed E-state index contributed by atoms with van der Waals surface area (Å²) >= 11 is 6.61. The fraction of sp³-hybridized carbons (Fsp3) is 0.143. The molecule has 3 heteroatoms. The van der Waals surface area contributed by atoms with E-state index in [1.54, 1.807) is 7.11 Å². The first-order valence-corrected chi connectivity index (χ1v) is 7.63. The smallest absolute Gasteiger partial charge is 0.128 e. The Balaban J connectivity index is 2.44. The molecule has 0 radical (unpaired) electrons. The lowest BCUT2D eigenvalue weighted by molar-refractivity contribution is 0.418. The summed E-state index contributed by atoms with van der Waals surface area (Å²) in [6.07, 6.45) is 0. The second-order valence-electron chi connectivity index (χ2n) is 3.74. The Labute approximate surface area is 108 Å². The summed E-state index contributed by atoms with van der Waals surface area (Å²) < 4.78 is 5.36.